The van der Waals surface area contributed by atoms with Crippen LogP contribution in [0.5, 0.6) is 0 Å². The Morgan fingerprint density at radius 2 is 0.956 bits per heavy atom. The predicted molar refractivity (Wildman–Crippen MR) is 187 cm³/mol. The summed E-state index contributed by atoms with van der Waals surface area (Å²) in [5.41, 5.74) is 15.5. The molecule has 45 heavy (non-hydrogen) atoms. The van der Waals surface area contributed by atoms with Crippen LogP contribution in [0.4, 0.5) is 11.4 Å². The zero-order chi connectivity index (χ0) is 29.5. The van der Waals surface area contributed by atoms with Crippen LogP contribution in [0.2, 0.25) is 0 Å². The summed E-state index contributed by atoms with van der Waals surface area (Å²) in [7, 11) is 0. The van der Waals surface area contributed by atoms with Crippen LogP contribution in [-0.4, -0.2) is 4.57 Å². The number of para-hydroxylation sites is 3. The zero-order valence-corrected chi connectivity index (χ0v) is 24.5. The maximum atomic E-state index is 3.88. The molecule has 210 valence electrons. The molecule has 0 fully saturated rings. The van der Waals surface area contributed by atoms with Gasteiger partial charge in [-0.25, -0.2) is 0 Å². The molecule has 0 saturated carbocycles. The number of aromatic nitrogens is 1. The second-order valence-electron chi connectivity index (χ2n) is 12.2. The molecule has 3 heterocycles. The predicted octanol–water partition coefficient (Wildman–Crippen LogP) is 10.9. The van der Waals surface area contributed by atoms with E-state index in [0.29, 0.717) is 0 Å². The van der Waals surface area contributed by atoms with Crippen molar-refractivity contribution in [3.05, 3.63) is 186 Å². The molecule has 0 saturated heterocycles. The molecule has 2 aliphatic heterocycles. The van der Waals surface area contributed by atoms with Crippen LogP contribution in [-0.2, 0) is 5.41 Å². The van der Waals surface area contributed by atoms with Gasteiger partial charge in [0.2, 0.25) is 0 Å². The lowest BCUT2D eigenvalue weighted by Gasteiger charge is -2.46. The Morgan fingerprint density at radius 1 is 0.400 bits per heavy atom. The number of fused-ring (bicyclic) bond motifs is 11. The molecule has 7 aromatic carbocycles. The van der Waals surface area contributed by atoms with Crippen molar-refractivity contribution in [2.75, 3.05) is 5.32 Å². The lowest BCUT2D eigenvalue weighted by molar-refractivity contribution is 0.724. The van der Waals surface area contributed by atoms with Crippen molar-refractivity contribution in [3.63, 3.8) is 0 Å². The number of rotatable bonds is 2. The average Bonchev–Trinajstić information content (AvgIpc) is 3.46. The molecule has 2 heteroatoms. The molecule has 2 aliphatic rings. The van der Waals surface area contributed by atoms with E-state index in [9.17, 15) is 0 Å². The van der Waals surface area contributed by atoms with Crippen molar-refractivity contribution in [1.82, 2.24) is 4.57 Å². The fourth-order valence-electron chi connectivity index (χ4n) is 8.12. The number of benzene rings is 7. The van der Waals surface area contributed by atoms with Crippen molar-refractivity contribution in [2.24, 2.45) is 0 Å². The highest BCUT2D eigenvalue weighted by Crippen LogP contribution is 2.60. The van der Waals surface area contributed by atoms with Gasteiger partial charge in [-0.05, 0) is 80.9 Å². The molecule has 1 aromatic heterocycles. The first-order valence-corrected chi connectivity index (χ1v) is 15.6. The Kier molecular flexibility index (Phi) is 4.95. The number of anilines is 2. The van der Waals surface area contributed by atoms with Gasteiger partial charge in [0.1, 0.15) is 0 Å². The van der Waals surface area contributed by atoms with E-state index >= 15 is 0 Å². The summed E-state index contributed by atoms with van der Waals surface area (Å²) >= 11 is 0. The van der Waals surface area contributed by atoms with E-state index in [4.69, 9.17) is 0 Å². The summed E-state index contributed by atoms with van der Waals surface area (Å²) in [5, 5.41) is 6.45. The first kappa shape index (κ1) is 24.6. The van der Waals surface area contributed by atoms with Crippen molar-refractivity contribution in [2.45, 2.75) is 5.41 Å². The topological polar surface area (TPSA) is 17.0 Å². The van der Waals surface area contributed by atoms with Crippen LogP contribution < -0.4 is 5.32 Å². The van der Waals surface area contributed by atoms with Crippen molar-refractivity contribution >= 4 is 33.2 Å². The van der Waals surface area contributed by atoms with Crippen molar-refractivity contribution in [3.8, 4) is 27.9 Å². The minimum atomic E-state index is -0.550. The quantitative estimate of drug-likeness (QED) is 0.218. The van der Waals surface area contributed by atoms with Crippen molar-refractivity contribution < 1.29 is 0 Å². The van der Waals surface area contributed by atoms with E-state index in [1.165, 1.54) is 72.0 Å². The monoisotopic (exact) mass is 572 g/mol. The number of hydrogen-bond acceptors (Lipinski definition) is 1. The molecular formula is C43H28N2. The van der Waals surface area contributed by atoms with Gasteiger partial charge in [-0.3, -0.25) is 0 Å². The van der Waals surface area contributed by atoms with E-state index in [2.05, 4.69) is 174 Å². The normalized spacial score (nSPS) is 13.7. The average molecular weight is 573 g/mol. The van der Waals surface area contributed by atoms with E-state index < -0.39 is 5.41 Å². The van der Waals surface area contributed by atoms with E-state index in [-0.39, 0.29) is 0 Å². The van der Waals surface area contributed by atoms with Crippen LogP contribution in [0.3, 0.4) is 0 Å². The summed E-state index contributed by atoms with van der Waals surface area (Å²) in [6, 6.07) is 60.3. The van der Waals surface area contributed by atoms with Gasteiger partial charge in [0.25, 0.3) is 0 Å². The Labute approximate surface area is 261 Å². The summed E-state index contributed by atoms with van der Waals surface area (Å²) < 4.78 is 2.50. The van der Waals surface area contributed by atoms with Gasteiger partial charge in [0.05, 0.1) is 22.1 Å². The second kappa shape index (κ2) is 9.07. The summed E-state index contributed by atoms with van der Waals surface area (Å²) in [6.07, 6.45) is 0. The number of nitrogens with zero attached hydrogens (tertiary/aromatic N) is 1. The minimum Gasteiger partial charge on any atom is -0.355 e. The second-order valence-corrected chi connectivity index (χ2v) is 12.2. The minimum absolute atomic E-state index is 0.550. The van der Waals surface area contributed by atoms with Gasteiger partial charge < -0.3 is 9.88 Å². The van der Waals surface area contributed by atoms with Crippen molar-refractivity contribution in [1.29, 1.82) is 0 Å². The van der Waals surface area contributed by atoms with E-state index in [1.807, 2.05) is 0 Å². The van der Waals surface area contributed by atoms with Gasteiger partial charge in [0, 0.05) is 22.1 Å². The van der Waals surface area contributed by atoms with Gasteiger partial charge in [-0.2, -0.15) is 0 Å². The molecule has 0 radical (unpaired) electrons. The molecule has 0 bridgehead atoms. The Bertz CT molecular complexity index is 2360. The Hall–Kier alpha value is -5.86. The maximum absolute atomic E-state index is 3.88. The molecule has 2 nitrogen and oxygen atoms in total. The maximum Gasteiger partial charge on any atom is 0.0783 e. The third kappa shape index (κ3) is 3.23. The Balaban J connectivity index is 1.41. The molecule has 8 aromatic rings. The highest BCUT2D eigenvalue weighted by Gasteiger charge is 2.49. The van der Waals surface area contributed by atoms with Gasteiger partial charge >= 0.3 is 0 Å². The van der Waals surface area contributed by atoms with Crippen LogP contribution >= 0.6 is 0 Å². The Morgan fingerprint density at radius 3 is 1.64 bits per heavy atom. The molecule has 0 aliphatic carbocycles. The number of hydrogen-bond donors (Lipinski definition) is 1. The summed E-state index contributed by atoms with van der Waals surface area (Å²) in [5.74, 6) is 0. The summed E-state index contributed by atoms with van der Waals surface area (Å²) in [6.45, 7) is 0. The van der Waals surface area contributed by atoms with Gasteiger partial charge in [0.15, 0.2) is 0 Å². The molecule has 0 amide bonds. The van der Waals surface area contributed by atoms with Crippen LogP contribution in [0, 0.1) is 0 Å². The van der Waals surface area contributed by atoms with E-state index in [1.54, 1.807) is 0 Å². The van der Waals surface area contributed by atoms with Crippen LogP contribution in [0.15, 0.2) is 164 Å². The molecule has 0 unspecified atom stereocenters. The molecular weight excluding hydrogens is 544 g/mol. The highest BCUT2D eigenvalue weighted by molar-refractivity contribution is 6.12. The third-order valence-electron chi connectivity index (χ3n) is 9.98. The van der Waals surface area contributed by atoms with Gasteiger partial charge in [-0.1, -0.05) is 127 Å². The zero-order valence-electron chi connectivity index (χ0n) is 24.5. The fraction of sp³-hybridized carbons (Fsp3) is 0.0233. The molecule has 0 atom stereocenters. The largest absolute Gasteiger partial charge is 0.355 e. The lowest BCUT2D eigenvalue weighted by Crippen LogP contribution is -2.38. The highest BCUT2D eigenvalue weighted by atomic mass is 15.0. The standard InChI is InChI=1S/C43H28N2/c1-3-12-28(13-4-1)30-22-24-38-36(26-30)43(37-27-31(23-25-39(37)44-38)29-14-5-2-6-15-29)34-18-8-10-21-41(34)45-40-20-9-7-16-32(40)33-17-11-19-35(43)42(33)45/h1-27,44H. The van der Waals surface area contributed by atoms with E-state index in [0.717, 1.165) is 11.4 Å². The molecule has 1 N–H and O–H groups in total. The number of nitrogens with one attached hydrogen (secondary N) is 1. The first-order valence-electron chi connectivity index (χ1n) is 15.6. The van der Waals surface area contributed by atoms with Gasteiger partial charge in [-0.15, -0.1) is 0 Å². The smallest absolute Gasteiger partial charge is 0.0783 e. The molecule has 1 spiro atoms. The third-order valence-corrected chi connectivity index (χ3v) is 9.98. The summed E-state index contributed by atoms with van der Waals surface area (Å²) in [4.78, 5) is 0. The SMILES string of the molecule is c1ccc(-c2ccc3c(c2)C2(c4cc(-c5ccccc5)ccc4N3)c3ccccc3-n3c4ccccc4c4cccc2c43)cc1. The molecule has 10 rings (SSSR count). The van der Waals surface area contributed by atoms with Crippen LogP contribution in [0.25, 0.3) is 49.7 Å². The lowest BCUT2D eigenvalue weighted by atomic mass is 9.60. The fourth-order valence-corrected chi connectivity index (χ4v) is 8.12. The first-order chi connectivity index (χ1) is 22.3. The van der Waals surface area contributed by atoms with Crippen LogP contribution in [0.1, 0.15) is 22.3 Å².